The van der Waals surface area contributed by atoms with Crippen LogP contribution in [0.15, 0.2) is 43.2 Å². The SMILES string of the molecule is O=C(Cn1ccnc1)Nc1ccncc1. The van der Waals surface area contributed by atoms with Crippen LogP contribution in [0.2, 0.25) is 0 Å². The summed E-state index contributed by atoms with van der Waals surface area (Å²) < 4.78 is 1.70. The normalized spacial score (nSPS) is 9.87. The highest BCUT2D eigenvalue weighted by Crippen LogP contribution is 2.03. The fraction of sp³-hybridized carbons (Fsp3) is 0.100. The second-order valence-electron chi connectivity index (χ2n) is 3.02. The van der Waals surface area contributed by atoms with Crippen molar-refractivity contribution in [3.63, 3.8) is 0 Å². The van der Waals surface area contributed by atoms with Gasteiger partial charge in [-0.2, -0.15) is 0 Å². The highest BCUT2D eigenvalue weighted by Gasteiger charge is 2.01. The predicted molar refractivity (Wildman–Crippen MR) is 55.1 cm³/mol. The van der Waals surface area contributed by atoms with Crippen LogP contribution in [0.5, 0.6) is 0 Å². The van der Waals surface area contributed by atoms with Gasteiger partial charge in [0.1, 0.15) is 6.54 Å². The molecule has 5 nitrogen and oxygen atoms in total. The molecule has 0 unspecified atom stereocenters. The zero-order valence-electron chi connectivity index (χ0n) is 8.00. The molecule has 1 amide bonds. The molecule has 2 rings (SSSR count). The lowest BCUT2D eigenvalue weighted by Crippen LogP contribution is -2.17. The maximum absolute atomic E-state index is 11.5. The van der Waals surface area contributed by atoms with Crippen LogP contribution in [0.4, 0.5) is 5.69 Å². The smallest absolute Gasteiger partial charge is 0.244 e. The van der Waals surface area contributed by atoms with Gasteiger partial charge in [-0.1, -0.05) is 0 Å². The van der Waals surface area contributed by atoms with Crippen LogP contribution in [0.3, 0.4) is 0 Å². The Morgan fingerprint density at radius 3 is 2.73 bits per heavy atom. The maximum Gasteiger partial charge on any atom is 0.244 e. The molecule has 0 radical (unpaired) electrons. The van der Waals surface area contributed by atoms with Crippen molar-refractivity contribution in [2.24, 2.45) is 0 Å². The molecule has 0 aliphatic rings. The van der Waals surface area contributed by atoms with Gasteiger partial charge in [0.05, 0.1) is 6.33 Å². The van der Waals surface area contributed by atoms with Gasteiger partial charge in [-0.25, -0.2) is 4.98 Å². The molecule has 0 atom stereocenters. The van der Waals surface area contributed by atoms with E-state index < -0.39 is 0 Å². The number of anilines is 1. The van der Waals surface area contributed by atoms with Gasteiger partial charge in [-0.05, 0) is 12.1 Å². The Hall–Kier alpha value is -2.17. The molecule has 0 bridgehead atoms. The molecular weight excluding hydrogens is 192 g/mol. The fourth-order valence-electron chi connectivity index (χ4n) is 1.18. The predicted octanol–water partition coefficient (Wildman–Crippen LogP) is 0.917. The van der Waals surface area contributed by atoms with E-state index in [1.807, 2.05) is 0 Å². The Morgan fingerprint density at radius 2 is 2.07 bits per heavy atom. The average molecular weight is 202 g/mol. The molecular formula is C10H10N4O. The summed E-state index contributed by atoms with van der Waals surface area (Å²) in [6.45, 7) is 0.266. The van der Waals surface area contributed by atoms with Gasteiger partial charge in [0.25, 0.3) is 0 Å². The molecule has 15 heavy (non-hydrogen) atoms. The first-order valence-corrected chi connectivity index (χ1v) is 4.50. The standard InChI is InChI=1S/C10H10N4O/c15-10(7-14-6-5-12-8-14)13-9-1-3-11-4-2-9/h1-6,8H,7H2,(H,11,13,15). The van der Waals surface area contributed by atoms with Gasteiger partial charge >= 0.3 is 0 Å². The van der Waals surface area contributed by atoms with Crippen molar-refractivity contribution >= 4 is 11.6 Å². The summed E-state index contributed by atoms with van der Waals surface area (Å²) in [6.07, 6.45) is 8.25. The number of hydrogen-bond donors (Lipinski definition) is 1. The van der Waals surface area contributed by atoms with E-state index in [-0.39, 0.29) is 12.5 Å². The van der Waals surface area contributed by atoms with E-state index in [2.05, 4.69) is 15.3 Å². The number of hydrogen-bond acceptors (Lipinski definition) is 3. The third-order valence-electron chi connectivity index (χ3n) is 1.85. The number of nitrogens with one attached hydrogen (secondary N) is 1. The Kier molecular flexibility index (Phi) is 2.73. The first kappa shape index (κ1) is 9.39. The van der Waals surface area contributed by atoms with Crippen molar-refractivity contribution < 1.29 is 4.79 Å². The van der Waals surface area contributed by atoms with Crippen LogP contribution in [0, 0.1) is 0 Å². The van der Waals surface area contributed by atoms with Crippen molar-refractivity contribution in [3.8, 4) is 0 Å². The molecule has 0 spiro atoms. The Balaban J connectivity index is 1.94. The quantitative estimate of drug-likeness (QED) is 0.805. The highest BCUT2D eigenvalue weighted by molar-refractivity contribution is 5.90. The first-order chi connectivity index (χ1) is 7.34. The van der Waals surface area contributed by atoms with Crippen LogP contribution >= 0.6 is 0 Å². The number of imidazole rings is 1. The van der Waals surface area contributed by atoms with Crippen LogP contribution in [0.1, 0.15) is 0 Å². The monoisotopic (exact) mass is 202 g/mol. The summed E-state index contributed by atoms with van der Waals surface area (Å²) in [4.78, 5) is 19.2. The van der Waals surface area contributed by atoms with E-state index in [1.54, 1.807) is 47.8 Å². The molecule has 2 heterocycles. The molecule has 2 aromatic heterocycles. The van der Waals surface area contributed by atoms with Crippen molar-refractivity contribution in [1.82, 2.24) is 14.5 Å². The van der Waals surface area contributed by atoms with E-state index >= 15 is 0 Å². The zero-order chi connectivity index (χ0) is 10.5. The number of carbonyl (C=O) groups is 1. The van der Waals surface area contributed by atoms with Crippen molar-refractivity contribution in [2.75, 3.05) is 5.32 Å². The minimum Gasteiger partial charge on any atom is -0.328 e. The summed E-state index contributed by atoms with van der Waals surface area (Å²) in [6, 6.07) is 3.48. The minimum absolute atomic E-state index is 0.0841. The van der Waals surface area contributed by atoms with Gasteiger partial charge in [0, 0.05) is 30.5 Å². The van der Waals surface area contributed by atoms with Crippen molar-refractivity contribution in [1.29, 1.82) is 0 Å². The van der Waals surface area contributed by atoms with Crippen LogP contribution < -0.4 is 5.32 Å². The molecule has 1 N–H and O–H groups in total. The third kappa shape index (κ3) is 2.63. The lowest BCUT2D eigenvalue weighted by atomic mass is 10.4. The van der Waals surface area contributed by atoms with Gasteiger partial charge < -0.3 is 9.88 Å². The van der Waals surface area contributed by atoms with E-state index in [0.717, 1.165) is 5.69 Å². The largest absolute Gasteiger partial charge is 0.328 e. The minimum atomic E-state index is -0.0841. The number of aromatic nitrogens is 3. The Bertz CT molecular complexity index is 424. The molecule has 0 fully saturated rings. The summed E-state index contributed by atoms with van der Waals surface area (Å²) in [5.41, 5.74) is 0.745. The number of carbonyl (C=O) groups excluding carboxylic acids is 1. The molecule has 0 saturated heterocycles. The fourth-order valence-corrected chi connectivity index (χ4v) is 1.18. The second kappa shape index (κ2) is 4.36. The van der Waals surface area contributed by atoms with E-state index in [1.165, 1.54) is 0 Å². The molecule has 76 valence electrons. The molecule has 0 aromatic carbocycles. The van der Waals surface area contributed by atoms with Crippen molar-refractivity contribution in [3.05, 3.63) is 43.2 Å². The van der Waals surface area contributed by atoms with Crippen molar-refractivity contribution in [2.45, 2.75) is 6.54 Å². The molecule has 0 aliphatic heterocycles. The molecule has 5 heteroatoms. The van der Waals surface area contributed by atoms with E-state index in [0.29, 0.717) is 0 Å². The number of nitrogens with zero attached hydrogens (tertiary/aromatic N) is 3. The average Bonchev–Trinajstić information content (AvgIpc) is 2.71. The Morgan fingerprint density at radius 1 is 1.27 bits per heavy atom. The first-order valence-electron chi connectivity index (χ1n) is 4.50. The number of pyridine rings is 1. The van der Waals surface area contributed by atoms with Gasteiger partial charge in [-0.15, -0.1) is 0 Å². The van der Waals surface area contributed by atoms with E-state index in [4.69, 9.17) is 0 Å². The lowest BCUT2D eigenvalue weighted by molar-refractivity contribution is -0.116. The zero-order valence-corrected chi connectivity index (χ0v) is 8.00. The molecule has 2 aromatic rings. The second-order valence-corrected chi connectivity index (χ2v) is 3.02. The highest BCUT2D eigenvalue weighted by atomic mass is 16.1. The Labute approximate surface area is 86.8 Å². The van der Waals surface area contributed by atoms with Crippen LogP contribution in [0.25, 0.3) is 0 Å². The summed E-state index contributed by atoms with van der Waals surface area (Å²) in [5.74, 6) is -0.0841. The van der Waals surface area contributed by atoms with E-state index in [9.17, 15) is 4.79 Å². The van der Waals surface area contributed by atoms with Gasteiger partial charge in [-0.3, -0.25) is 9.78 Å². The summed E-state index contributed by atoms with van der Waals surface area (Å²) in [7, 11) is 0. The van der Waals surface area contributed by atoms with Crippen LogP contribution in [-0.2, 0) is 11.3 Å². The number of rotatable bonds is 3. The lowest BCUT2D eigenvalue weighted by Gasteiger charge is -2.04. The molecule has 0 saturated carbocycles. The maximum atomic E-state index is 11.5. The third-order valence-corrected chi connectivity index (χ3v) is 1.85. The topological polar surface area (TPSA) is 59.8 Å². The van der Waals surface area contributed by atoms with Gasteiger partial charge in [0.15, 0.2) is 0 Å². The van der Waals surface area contributed by atoms with Crippen LogP contribution in [-0.4, -0.2) is 20.4 Å². The number of amides is 1. The molecule has 0 aliphatic carbocycles. The summed E-state index contributed by atoms with van der Waals surface area (Å²) in [5, 5.41) is 2.75. The van der Waals surface area contributed by atoms with Gasteiger partial charge in [0.2, 0.25) is 5.91 Å². The summed E-state index contributed by atoms with van der Waals surface area (Å²) >= 11 is 0.